The van der Waals surface area contributed by atoms with E-state index in [9.17, 15) is 5.11 Å². The average molecular weight is 294 g/mol. The summed E-state index contributed by atoms with van der Waals surface area (Å²) < 4.78 is 10.9. The van der Waals surface area contributed by atoms with Crippen molar-refractivity contribution in [2.45, 2.75) is 44.4 Å². The van der Waals surface area contributed by atoms with Crippen LogP contribution in [0.2, 0.25) is 0 Å². The number of methoxy groups -OCH3 is 2. The number of aliphatic hydroxyl groups excluding tert-OH is 1. The Morgan fingerprint density at radius 3 is 2.43 bits per heavy atom. The summed E-state index contributed by atoms with van der Waals surface area (Å²) in [5.74, 6) is 1.30. The highest BCUT2D eigenvalue weighted by molar-refractivity contribution is 5.97. The van der Waals surface area contributed by atoms with Crippen LogP contribution in [-0.2, 0) is 9.47 Å². The summed E-state index contributed by atoms with van der Waals surface area (Å²) in [6.07, 6.45) is 3.35. The van der Waals surface area contributed by atoms with Gasteiger partial charge in [-0.1, -0.05) is 26.0 Å². The molecule has 21 heavy (non-hydrogen) atoms. The third kappa shape index (κ3) is 3.73. The van der Waals surface area contributed by atoms with E-state index < -0.39 is 11.6 Å². The van der Waals surface area contributed by atoms with Crippen LogP contribution in [0.25, 0.3) is 0 Å². The van der Waals surface area contributed by atoms with Crippen molar-refractivity contribution in [3.05, 3.63) is 25.3 Å². The lowest BCUT2D eigenvalue weighted by Gasteiger charge is -2.36. The molecule has 1 heterocycles. The van der Waals surface area contributed by atoms with Crippen LogP contribution in [0.1, 0.15) is 26.7 Å². The van der Waals surface area contributed by atoms with Crippen molar-refractivity contribution in [1.82, 2.24) is 0 Å². The molecule has 1 rings (SSSR count). The standard InChI is InChI=1S/C16H26N2O3/c1-7-9-16(10-12(19)8-2)15(21-6)17-13(11(3)4)14(18-16)20-5/h7-8,11-13,19H,1-2,9-10H2,3-6H3/t12-,13+,16-/m0/s1. The van der Waals surface area contributed by atoms with Gasteiger partial charge in [0.2, 0.25) is 11.8 Å². The molecule has 0 unspecified atom stereocenters. The van der Waals surface area contributed by atoms with Crippen molar-refractivity contribution >= 4 is 11.8 Å². The fourth-order valence-electron chi connectivity index (χ4n) is 2.49. The van der Waals surface area contributed by atoms with Gasteiger partial charge >= 0.3 is 0 Å². The summed E-state index contributed by atoms with van der Waals surface area (Å²) >= 11 is 0. The van der Waals surface area contributed by atoms with Crippen LogP contribution in [-0.4, -0.2) is 48.8 Å². The van der Waals surface area contributed by atoms with Gasteiger partial charge in [-0.05, 0) is 12.3 Å². The molecule has 1 N–H and O–H groups in total. The third-order valence-corrected chi connectivity index (χ3v) is 3.57. The Labute approximate surface area is 127 Å². The molecule has 0 aromatic rings. The lowest BCUT2D eigenvalue weighted by molar-refractivity contribution is 0.179. The Morgan fingerprint density at radius 2 is 2.00 bits per heavy atom. The minimum absolute atomic E-state index is 0.177. The number of aliphatic hydroxyl groups is 1. The number of rotatable bonds is 6. The van der Waals surface area contributed by atoms with Crippen molar-refractivity contribution < 1.29 is 14.6 Å². The van der Waals surface area contributed by atoms with Crippen molar-refractivity contribution in [2.75, 3.05) is 14.2 Å². The maximum atomic E-state index is 9.98. The Morgan fingerprint density at radius 1 is 1.33 bits per heavy atom. The SMILES string of the molecule is C=CC[C@@]1(C[C@@H](O)C=C)N=C(OC)[C@@H](C(C)C)N=C1OC. The minimum atomic E-state index is -0.791. The summed E-state index contributed by atoms with van der Waals surface area (Å²) in [6.45, 7) is 11.5. The molecule has 0 spiro atoms. The Balaban J connectivity index is 3.31. The first-order valence-corrected chi connectivity index (χ1v) is 7.11. The maximum absolute atomic E-state index is 9.98. The van der Waals surface area contributed by atoms with Crippen LogP contribution in [0.5, 0.6) is 0 Å². The number of nitrogens with zero attached hydrogens (tertiary/aromatic N) is 2. The van der Waals surface area contributed by atoms with E-state index >= 15 is 0 Å². The van der Waals surface area contributed by atoms with Crippen LogP contribution in [0, 0.1) is 5.92 Å². The summed E-state index contributed by atoms with van der Waals surface area (Å²) in [5.41, 5.74) is -0.791. The van der Waals surface area contributed by atoms with Crippen LogP contribution in [0.4, 0.5) is 0 Å². The van der Waals surface area contributed by atoms with Crippen molar-refractivity contribution in [3.8, 4) is 0 Å². The molecule has 0 radical (unpaired) electrons. The van der Waals surface area contributed by atoms with Gasteiger partial charge in [0.25, 0.3) is 0 Å². The van der Waals surface area contributed by atoms with E-state index in [1.165, 1.54) is 6.08 Å². The number of aliphatic imine (C=N–C) groups is 2. The lowest BCUT2D eigenvalue weighted by Crippen LogP contribution is -2.48. The molecular formula is C16H26N2O3. The molecule has 0 saturated heterocycles. The summed E-state index contributed by atoms with van der Waals surface area (Å²) in [5, 5.41) is 9.98. The first-order valence-electron chi connectivity index (χ1n) is 7.11. The number of hydrogen-bond donors (Lipinski definition) is 1. The number of hydrogen-bond acceptors (Lipinski definition) is 5. The second-order valence-electron chi connectivity index (χ2n) is 5.51. The average Bonchev–Trinajstić information content (AvgIpc) is 2.46. The highest BCUT2D eigenvalue weighted by Gasteiger charge is 2.43. The molecule has 5 nitrogen and oxygen atoms in total. The summed E-state index contributed by atoms with van der Waals surface area (Å²) in [7, 11) is 3.16. The zero-order valence-corrected chi connectivity index (χ0v) is 13.4. The largest absolute Gasteiger partial charge is 0.483 e. The molecule has 0 bridgehead atoms. The molecule has 1 aliphatic rings. The zero-order chi connectivity index (χ0) is 16.0. The molecule has 0 aromatic carbocycles. The van der Waals surface area contributed by atoms with E-state index in [1.54, 1.807) is 20.3 Å². The van der Waals surface area contributed by atoms with Gasteiger partial charge in [0.15, 0.2) is 0 Å². The van der Waals surface area contributed by atoms with Gasteiger partial charge < -0.3 is 14.6 Å². The van der Waals surface area contributed by atoms with Gasteiger partial charge in [-0.2, -0.15) is 0 Å². The molecule has 1 aliphatic heterocycles. The van der Waals surface area contributed by atoms with Gasteiger partial charge in [-0.3, -0.25) is 0 Å². The Hall–Kier alpha value is -1.62. The molecule has 0 aromatic heterocycles. The molecular weight excluding hydrogens is 268 g/mol. The monoisotopic (exact) mass is 294 g/mol. The van der Waals surface area contributed by atoms with Gasteiger partial charge in [-0.25, -0.2) is 9.98 Å². The number of ether oxygens (including phenoxy) is 2. The van der Waals surface area contributed by atoms with E-state index in [4.69, 9.17) is 14.5 Å². The van der Waals surface area contributed by atoms with E-state index in [2.05, 4.69) is 32.0 Å². The van der Waals surface area contributed by atoms with Gasteiger partial charge in [0.1, 0.15) is 11.6 Å². The molecule has 0 fully saturated rings. The quantitative estimate of drug-likeness (QED) is 0.765. The smallest absolute Gasteiger partial charge is 0.213 e. The second kappa shape index (κ2) is 7.41. The van der Waals surface area contributed by atoms with E-state index in [1.807, 2.05) is 0 Å². The van der Waals surface area contributed by atoms with Gasteiger partial charge in [0, 0.05) is 6.42 Å². The summed E-state index contributed by atoms with van der Waals surface area (Å²) in [6, 6.07) is -0.177. The third-order valence-electron chi connectivity index (χ3n) is 3.57. The fraction of sp³-hybridized carbons (Fsp3) is 0.625. The van der Waals surface area contributed by atoms with Crippen LogP contribution in [0.3, 0.4) is 0 Å². The van der Waals surface area contributed by atoms with Crippen molar-refractivity contribution in [2.24, 2.45) is 15.9 Å². The summed E-state index contributed by atoms with van der Waals surface area (Å²) in [4.78, 5) is 9.38. The van der Waals surface area contributed by atoms with E-state index in [-0.39, 0.29) is 12.0 Å². The first-order chi connectivity index (χ1) is 9.93. The van der Waals surface area contributed by atoms with Gasteiger partial charge in [-0.15, -0.1) is 13.2 Å². The van der Waals surface area contributed by atoms with Gasteiger partial charge in [0.05, 0.1) is 20.3 Å². The minimum Gasteiger partial charge on any atom is -0.483 e. The Kier molecular flexibility index (Phi) is 6.15. The van der Waals surface area contributed by atoms with Crippen molar-refractivity contribution in [3.63, 3.8) is 0 Å². The normalized spacial score (nSPS) is 26.7. The molecule has 0 amide bonds. The highest BCUT2D eigenvalue weighted by atomic mass is 16.5. The molecule has 3 atom stereocenters. The lowest BCUT2D eigenvalue weighted by atomic mass is 9.86. The predicted octanol–water partition coefficient (Wildman–Crippen LogP) is 2.37. The van der Waals surface area contributed by atoms with E-state index in [0.29, 0.717) is 24.6 Å². The highest BCUT2D eigenvalue weighted by Crippen LogP contribution is 2.32. The topological polar surface area (TPSA) is 63.4 Å². The van der Waals surface area contributed by atoms with Crippen LogP contribution >= 0.6 is 0 Å². The predicted molar refractivity (Wildman–Crippen MR) is 85.9 cm³/mol. The zero-order valence-electron chi connectivity index (χ0n) is 13.4. The second-order valence-corrected chi connectivity index (χ2v) is 5.51. The molecule has 5 heteroatoms. The first kappa shape index (κ1) is 17.4. The maximum Gasteiger partial charge on any atom is 0.213 e. The van der Waals surface area contributed by atoms with Crippen LogP contribution in [0.15, 0.2) is 35.3 Å². The fourth-order valence-corrected chi connectivity index (χ4v) is 2.49. The van der Waals surface area contributed by atoms with Crippen LogP contribution < -0.4 is 0 Å². The molecule has 0 saturated carbocycles. The van der Waals surface area contributed by atoms with E-state index in [0.717, 1.165) is 0 Å². The van der Waals surface area contributed by atoms with Crippen molar-refractivity contribution in [1.29, 1.82) is 0 Å². The molecule has 118 valence electrons. The molecule has 0 aliphatic carbocycles. The Bertz CT molecular complexity index is 443.